The number of rotatable bonds is 7. The number of ether oxygens (including phenoxy) is 1. The van der Waals surface area contributed by atoms with E-state index in [2.05, 4.69) is 14.7 Å². The average molecular weight is 233 g/mol. The van der Waals surface area contributed by atoms with E-state index in [1.807, 2.05) is 6.92 Å². The normalized spacial score (nSPS) is 10.7. The van der Waals surface area contributed by atoms with E-state index in [4.69, 9.17) is 4.74 Å². The molecule has 0 fully saturated rings. The summed E-state index contributed by atoms with van der Waals surface area (Å²) in [5, 5.41) is 3.27. The fourth-order valence-electron chi connectivity index (χ4n) is 0.846. The largest absolute Gasteiger partial charge is 0.383 e. The Bertz CT molecular complexity index is 254. The Morgan fingerprint density at radius 1 is 1.50 bits per heavy atom. The van der Waals surface area contributed by atoms with Gasteiger partial charge < -0.3 is 10.1 Å². The maximum absolute atomic E-state index is 4.92. The summed E-state index contributed by atoms with van der Waals surface area (Å²) in [6.45, 7) is 4.57. The smallest absolute Gasteiger partial charge is 0.170 e. The molecular formula is C8H15N3OS2. The lowest BCUT2D eigenvalue weighted by Crippen LogP contribution is -2.21. The Morgan fingerprint density at radius 2 is 2.36 bits per heavy atom. The van der Waals surface area contributed by atoms with Gasteiger partial charge in [0.2, 0.25) is 0 Å². The van der Waals surface area contributed by atoms with Crippen molar-refractivity contribution in [3.05, 3.63) is 5.82 Å². The number of nitrogens with one attached hydrogen (secondary N) is 1. The Balaban J connectivity index is 1.99. The van der Waals surface area contributed by atoms with E-state index in [1.165, 1.54) is 11.5 Å². The minimum absolute atomic E-state index is 0.766. The van der Waals surface area contributed by atoms with E-state index in [1.54, 1.807) is 18.9 Å². The van der Waals surface area contributed by atoms with Gasteiger partial charge in [-0.1, -0.05) is 11.8 Å². The van der Waals surface area contributed by atoms with Crippen LogP contribution >= 0.6 is 23.3 Å². The summed E-state index contributed by atoms with van der Waals surface area (Å²) in [6, 6.07) is 0. The molecule has 0 spiro atoms. The second kappa shape index (κ2) is 7.17. The first-order valence-electron chi connectivity index (χ1n) is 4.45. The lowest BCUT2D eigenvalue weighted by atomic mass is 10.6. The van der Waals surface area contributed by atoms with Crippen molar-refractivity contribution in [1.82, 2.24) is 14.7 Å². The van der Waals surface area contributed by atoms with Gasteiger partial charge in [0.25, 0.3) is 0 Å². The molecule has 14 heavy (non-hydrogen) atoms. The van der Waals surface area contributed by atoms with Crippen molar-refractivity contribution in [3.8, 4) is 0 Å². The number of aromatic nitrogens is 2. The Hall–Kier alpha value is -0.170. The minimum atomic E-state index is 0.766. The van der Waals surface area contributed by atoms with Gasteiger partial charge in [0.1, 0.15) is 5.82 Å². The van der Waals surface area contributed by atoms with E-state index in [0.717, 1.165) is 35.6 Å². The average Bonchev–Trinajstić information content (AvgIpc) is 2.58. The standard InChI is InChI=1S/C8H15N3OS2/c1-7-10-8(14-11-7)13-6-4-9-3-5-12-2/h9H,3-6H2,1-2H3. The molecule has 0 aliphatic rings. The molecule has 6 heteroatoms. The molecule has 1 heterocycles. The van der Waals surface area contributed by atoms with Gasteiger partial charge in [-0.15, -0.1) is 0 Å². The Kier molecular flexibility index (Phi) is 6.09. The van der Waals surface area contributed by atoms with Crippen molar-refractivity contribution in [1.29, 1.82) is 0 Å². The van der Waals surface area contributed by atoms with Gasteiger partial charge in [-0.3, -0.25) is 0 Å². The SMILES string of the molecule is COCCNCCSc1nc(C)ns1. The van der Waals surface area contributed by atoms with Crippen LogP contribution in [0.3, 0.4) is 0 Å². The molecule has 1 N–H and O–H groups in total. The van der Waals surface area contributed by atoms with Crippen LogP contribution < -0.4 is 5.32 Å². The van der Waals surface area contributed by atoms with Gasteiger partial charge in [-0.05, 0) is 18.5 Å². The highest BCUT2D eigenvalue weighted by Gasteiger charge is 1.99. The molecule has 0 atom stereocenters. The third-order valence-electron chi connectivity index (χ3n) is 1.50. The van der Waals surface area contributed by atoms with Crippen LogP contribution in [-0.2, 0) is 4.74 Å². The molecule has 0 unspecified atom stereocenters. The van der Waals surface area contributed by atoms with Crippen LogP contribution in [0.15, 0.2) is 4.34 Å². The molecule has 80 valence electrons. The van der Waals surface area contributed by atoms with Gasteiger partial charge in [-0.2, -0.15) is 4.37 Å². The number of hydrogen-bond donors (Lipinski definition) is 1. The van der Waals surface area contributed by atoms with Gasteiger partial charge in [0.05, 0.1) is 6.61 Å². The number of aryl methyl sites for hydroxylation is 1. The molecule has 0 saturated heterocycles. The first kappa shape index (κ1) is 11.9. The lowest BCUT2D eigenvalue weighted by molar-refractivity contribution is 0.200. The van der Waals surface area contributed by atoms with Crippen LogP contribution in [0.25, 0.3) is 0 Å². The third kappa shape index (κ3) is 4.90. The monoisotopic (exact) mass is 233 g/mol. The van der Waals surface area contributed by atoms with E-state index < -0.39 is 0 Å². The molecule has 1 aromatic rings. The third-order valence-corrected chi connectivity index (χ3v) is 3.42. The first-order valence-corrected chi connectivity index (χ1v) is 6.21. The van der Waals surface area contributed by atoms with Crippen LogP contribution in [0.2, 0.25) is 0 Å². The number of hydrogen-bond acceptors (Lipinski definition) is 6. The number of thioether (sulfide) groups is 1. The second-order valence-electron chi connectivity index (χ2n) is 2.70. The Morgan fingerprint density at radius 3 is 3.00 bits per heavy atom. The van der Waals surface area contributed by atoms with Crippen molar-refractivity contribution in [2.45, 2.75) is 11.3 Å². The van der Waals surface area contributed by atoms with E-state index in [0.29, 0.717) is 0 Å². The summed E-state index contributed by atoms with van der Waals surface area (Å²) in [5.74, 6) is 1.89. The quantitative estimate of drug-likeness (QED) is 0.566. The summed E-state index contributed by atoms with van der Waals surface area (Å²) in [5.41, 5.74) is 0. The zero-order chi connectivity index (χ0) is 10.2. The molecular weight excluding hydrogens is 218 g/mol. The highest BCUT2D eigenvalue weighted by Crippen LogP contribution is 2.18. The molecule has 0 aromatic carbocycles. The Labute approximate surface area is 92.6 Å². The van der Waals surface area contributed by atoms with E-state index in [-0.39, 0.29) is 0 Å². The minimum Gasteiger partial charge on any atom is -0.383 e. The molecule has 0 radical (unpaired) electrons. The first-order chi connectivity index (χ1) is 6.83. The van der Waals surface area contributed by atoms with E-state index in [9.17, 15) is 0 Å². The molecule has 0 amide bonds. The van der Waals surface area contributed by atoms with Gasteiger partial charge in [0.15, 0.2) is 4.34 Å². The van der Waals surface area contributed by atoms with Gasteiger partial charge >= 0.3 is 0 Å². The second-order valence-corrected chi connectivity index (χ2v) is 4.79. The number of methoxy groups -OCH3 is 1. The molecule has 1 rings (SSSR count). The summed E-state index contributed by atoms with van der Waals surface area (Å²) in [4.78, 5) is 4.26. The van der Waals surface area contributed by atoms with Crippen molar-refractivity contribution in [3.63, 3.8) is 0 Å². The van der Waals surface area contributed by atoms with Crippen LogP contribution in [-0.4, -0.2) is 41.9 Å². The van der Waals surface area contributed by atoms with Crippen LogP contribution in [0.1, 0.15) is 5.82 Å². The lowest BCUT2D eigenvalue weighted by Gasteiger charge is -2.01. The zero-order valence-corrected chi connectivity index (χ0v) is 10.1. The van der Waals surface area contributed by atoms with Crippen molar-refractivity contribution in [2.24, 2.45) is 0 Å². The maximum Gasteiger partial charge on any atom is 0.170 e. The molecule has 0 saturated carbocycles. The highest BCUT2D eigenvalue weighted by atomic mass is 32.2. The summed E-state index contributed by atoms with van der Waals surface area (Å²) in [7, 11) is 1.71. The predicted molar refractivity (Wildman–Crippen MR) is 60.1 cm³/mol. The molecule has 1 aromatic heterocycles. The van der Waals surface area contributed by atoms with Crippen molar-refractivity contribution >= 4 is 23.3 Å². The van der Waals surface area contributed by atoms with Crippen molar-refractivity contribution in [2.75, 3.05) is 32.6 Å². The summed E-state index contributed by atoms with van der Waals surface area (Å²) >= 11 is 3.21. The van der Waals surface area contributed by atoms with Gasteiger partial charge in [0, 0.05) is 26.0 Å². The van der Waals surface area contributed by atoms with Gasteiger partial charge in [-0.25, -0.2) is 4.98 Å². The molecule has 0 bridgehead atoms. The zero-order valence-electron chi connectivity index (χ0n) is 8.45. The molecule has 4 nitrogen and oxygen atoms in total. The molecule has 0 aliphatic carbocycles. The van der Waals surface area contributed by atoms with Crippen LogP contribution in [0.4, 0.5) is 0 Å². The molecule has 0 aliphatic heterocycles. The predicted octanol–water partition coefficient (Wildman–Crippen LogP) is 1.17. The maximum atomic E-state index is 4.92. The number of nitrogens with zero attached hydrogens (tertiary/aromatic N) is 2. The fraction of sp³-hybridized carbons (Fsp3) is 0.750. The highest BCUT2D eigenvalue weighted by molar-refractivity contribution is 8.00. The van der Waals surface area contributed by atoms with Crippen LogP contribution in [0, 0.1) is 6.92 Å². The summed E-state index contributed by atoms with van der Waals surface area (Å²) in [6.07, 6.45) is 0. The summed E-state index contributed by atoms with van der Waals surface area (Å²) < 4.78 is 10.1. The van der Waals surface area contributed by atoms with Crippen LogP contribution in [0.5, 0.6) is 0 Å². The van der Waals surface area contributed by atoms with E-state index >= 15 is 0 Å². The fourth-order valence-corrected chi connectivity index (χ4v) is 2.46. The van der Waals surface area contributed by atoms with Crippen molar-refractivity contribution < 1.29 is 4.74 Å². The topological polar surface area (TPSA) is 47.0 Å².